The molecule has 1 N–H and O–H groups in total. The van der Waals surface area contributed by atoms with Crippen LogP contribution in [0.2, 0.25) is 5.02 Å². The van der Waals surface area contributed by atoms with E-state index >= 15 is 0 Å². The van der Waals surface area contributed by atoms with Crippen LogP contribution in [0.4, 0.5) is 4.79 Å². The van der Waals surface area contributed by atoms with Gasteiger partial charge in [-0.2, -0.15) is 0 Å². The number of nitrogens with one attached hydrogen (secondary N) is 1. The number of para-hydroxylation sites is 1. The maximum Gasteiger partial charge on any atom is 0.325 e. The van der Waals surface area contributed by atoms with E-state index in [4.69, 9.17) is 16.3 Å². The number of rotatable bonds is 6. The van der Waals surface area contributed by atoms with Crippen molar-refractivity contribution >= 4 is 29.4 Å². The van der Waals surface area contributed by atoms with E-state index in [0.717, 1.165) is 10.5 Å². The lowest BCUT2D eigenvalue weighted by Gasteiger charge is -2.24. The van der Waals surface area contributed by atoms with Crippen molar-refractivity contribution < 1.29 is 19.1 Å². The van der Waals surface area contributed by atoms with E-state index in [1.54, 1.807) is 51.4 Å². The number of benzene rings is 2. The molecule has 7 nitrogen and oxygen atoms in total. The molecule has 2 aromatic rings. The summed E-state index contributed by atoms with van der Waals surface area (Å²) in [5.41, 5.74) is -0.0157. The van der Waals surface area contributed by atoms with Gasteiger partial charge in [-0.05, 0) is 19.1 Å². The largest absolute Gasteiger partial charge is 0.496 e. The van der Waals surface area contributed by atoms with Crippen molar-refractivity contribution in [1.82, 2.24) is 15.1 Å². The molecule has 2 aromatic carbocycles. The van der Waals surface area contributed by atoms with Crippen LogP contribution in [0.25, 0.3) is 0 Å². The van der Waals surface area contributed by atoms with E-state index in [0.29, 0.717) is 16.3 Å². The lowest BCUT2D eigenvalue weighted by molar-refractivity contribution is -0.138. The van der Waals surface area contributed by atoms with Crippen LogP contribution in [-0.4, -0.2) is 48.3 Å². The van der Waals surface area contributed by atoms with Crippen LogP contribution in [0.1, 0.15) is 18.1 Å². The number of amides is 4. The van der Waals surface area contributed by atoms with Crippen LogP contribution < -0.4 is 10.1 Å². The Bertz CT molecular complexity index is 964. The molecule has 0 unspecified atom stereocenters. The Labute approximate surface area is 174 Å². The molecule has 3 rings (SSSR count). The van der Waals surface area contributed by atoms with Crippen LogP contribution >= 0.6 is 11.6 Å². The van der Waals surface area contributed by atoms with Crippen LogP contribution in [0, 0.1) is 0 Å². The Balaban J connectivity index is 1.74. The van der Waals surface area contributed by atoms with E-state index in [9.17, 15) is 14.4 Å². The topological polar surface area (TPSA) is 79.0 Å². The molecule has 152 valence electrons. The molecule has 1 fully saturated rings. The van der Waals surface area contributed by atoms with Gasteiger partial charge >= 0.3 is 6.03 Å². The molecule has 1 saturated heterocycles. The second kappa shape index (κ2) is 8.13. The predicted octanol–water partition coefficient (Wildman–Crippen LogP) is 2.77. The molecule has 0 spiro atoms. The molecule has 1 aliphatic rings. The summed E-state index contributed by atoms with van der Waals surface area (Å²) in [7, 11) is 3.17. The number of hydrogen-bond donors (Lipinski definition) is 1. The minimum absolute atomic E-state index is 0.286. The van der Waals surface area contributed by atoms with Crippen LogP contribution in [0.5, 0.6) is 5.75 Å². The highest BCUT2D eigenvalue weighted by Crippen LogP contribution is 2.33. The van der Waals surface area contributed by atoms with Crippen LogP contribution in [-0.2, 0) is 21.7 Å². The number of imide groups is 1. The third-order valence-electron chi connectivity index (χ3n) is 5.01. The van der Waals surface area contributed by atoms with Gasteiger partial charge in [0, 0.05) is 29.7 Å². The zero-order valence-corrected chi connectivity index (χ0v) is 17.2. The number of halogens is 1. The van der Waals surface area contributed by atoms with E-state index in [2.05, 4.69) is 5.32 Å². The Morgan fingerprint density at radius 3 is 2.52 bits per heavy atom. The van der Waals surface area contributed by atoms with Crippen LogP contribution in [0.15, 0.2) is 48.5 Å². The monoisotopic (exact) mass is 415 g/mol. The van der Waals surface area contributed by atoms with E-state index < -0.39 is 17.5 Å². The fourth-order valence-electron chi connectivity index (χ4n) is 3.32. The molecule has 0 bridgehead atoms. The molecule has 0 aliphatic carbocycles. The third-order valence-corrected chi connectivity index (χ3v) is 5.34. The smallest absolute Gasteiger partial charge is 0.325 e. The van der Waals surface area contributed by atoms with E-state index in [-0.39, 0.29) is 19.0 Å². The van der Waals surface area contributed by atoms with E-state index in [1.165, 1.54) is 4.90 Å². The second-order valence-electron chi connectivity index (χ2n) is 6.99. The summed E-state index contributed by atoms with van der Waals surface area (Å²) in [6.45, 7) is 1.50. The fraction of sp³-hybridized carbons (Fsp3) is 0.286. The predicted molar refractivity (Wildman–Crippen MR) is 109 cm³/mol. The van der Waals surface area contributed by atoms with Gasteiger partial charge < -0.3 is 15.0 Å². The first-order valence-electron chi connectivity index (χ1n) is 9.03. The van der Waals surface area contributed by atoms with Crippen molar-refractivity contribution in [3.63, 3.8) is 0 Å². The molecule has 0 aromatic heterocycles. The molecule has 1 atom stereocenters. The number of carbonyl (C=O) groups is 3. The summed E-state index contributed by atoms with van der Waals surface area (Å²) in [5, 5.41) is 3.03. The summed E-state index contributed by atoms with van der Waals surface area (Å²) >= 11 is 6.22. The van der Waals surface area contributed by atoms with Gasteiger partial charge in [0.1, 0.15) is 17.8 Å². The quantitative estimate of drug-likeness (QED) is 0.736. The zero-order valence-electron chi connectivity index (χ0n) is 16.4. The first kappa shape index (κ1) is 20.7. The fourth-order valence-corrected chi connectivity index (χ4v) is 3.65. The van der Waals surface area contributed by atoms with Crippen molar-refractivity contribution in [3.05, 3.63) is 64.7 Å². The Hall–Kier alpha value is -3.06. The molecule has 0 radical (unpaired) electrons. The van der Waals surface area contributed by atoms with Gasteiger partial charge in [-0.25, -0.2) is 4.79 Å². The molecular weight excluding hydrogens is 394 g/mol. The lowest BCUT2D eigenvalue weighted by atomic mass is 9.92. The summed E-state index contributed by atoms with van der Waals surface area (Å²) < 4.78 is 5.30. The second-order valence-corrected chi connectivity index (χ2v) is 7.40. The number of hydrogen-bond acceptors (Lipinski definition) is 4. The average Bonchev–Trinajstić information content (AvgIpc) is 2.92. The standard InChI is InChI=1S/C21H22ClN3O4/c1-21(15-9-5-6-10-16(15)22)19(27)25(20(28)23-21)13-18(26)24(2)12-14-8-4-7-11-17(14)29-3/h4-11H,12-13H2,1-3H3,(H,23,28)/t21-/m0/s1. The highest BCUT2D eigenvalue weighted by atomic mass is 35.5. The van der Waals surface area contributed by atoms with Gasteiger partial charge in [-0.15, -0.1) is 0 Å². The molecule has 8 heteroatoms. The summed E-state index contributed by atoms with van der Waals surface area (Å²) in [4.78, 5) is 40.5. The highest BCUT2D eigenvalue weighted by Gasteiger charge is 2.50. The summed E-state index contributed by atoms with van der Waals surface area (Å²) in [6, 6.07) is 13.5. The first-order valence-corrected chi connectivity index (χ1v) is 9.40. The summed E-state index contributed by atoms with van der Waals surface area (Å²) in [5.74, 6) is -0.231. The van der Waals surface area contributed by atoms with Gasteiger partial charge in [0.15, 0.2) is 0 Å². The molecule has 29 heavy (non-hydrogen) atoms. The van der Waals surface area contributed by atoms with Crippen LogP contribution in [0.3, 0.4) is 0 Å². The molecule has 0 saturated carbocycles. The number of methoxy groups -OCH3 is 1. The van der Waals surface area contributed by atoms with E-state index in [1.807, 2.05) is 18.2 Å². The van der Waals surface area contributed by atoms with Crippen molar-refractivity contribution in [2.45, 2.75) is 19.0 Å². The van der Waals surface area contributed by atoms with Gasteiger partial charge in [0.25, 0.3) is 5.91 Å². The minimum atomic E-state index is -1.32. The van der Waals surface area contributed by atoms with Crippen molar-refractivity contribution in [2.75, 3.05) is 20.7 Å². The molecular formula is C21H22ClN3O4. The maximum atomic E-state index is 13.0. The van der Waals surface area contributed by atoms with Gasteiger partial charge in [-0.1, -0.05) is 48.0 Å². The van der Waals surface area contributed by atoms with Crippen molar-refractivity contribution in [2.24, 2.45) is 0 Å². The maximum absolute atomic E-state index is 13.0. The number of likely N-dealkylation sites (N-methyl/N-ethyl adjacent to an activating group) is 1. The Morgan fingerprint density at radius 2 is 1.83 bits per heavy atom. The normalized spacial score (nSPS) is 18.6. The van der Waals surface area contributed by atoms with Gasteiger partial charge in [0.2, 0.25) is 5.91 Å². The Kier molecular flexibility index (Phi) is 5.79. The number of ether oxygens (including phenoxy) is 1. The zero-order chi connectivity index (χ0) is 21.2. The molecule has 4 amide bonds. The number of carbonyl (C=O) groups excluding carboxylic acids is 3. The number of nitrogens with zero attached hydrogens (tertiary/aromatic N) is 2. The van der Waals surface area contributed by atoms with Gasteiger partial charge in [-0.3, -0.25) is 14.5 Å². The third kappa shape index (κ3) is 3.91. The Morgan fingerprint density at radius 1 is 1.17 bits per heavy atom. The molecule has 1 heterocycles. The molecule has 1 aliphatic heterocycles. The highest BCUT2D eigenvalue weighted by molar-refractivity contribution is 6.32. The first-order chi connectivity index (χ1) is 13.8. The van der Waals surface area contributed by atoms with Crippen molar-refractivity contribution in [3.8, 4) is 5.75 Å². The SMILES string of the molecule is COc1ccccc1CN(C)C(=O)CN1C(=O)N[C@@](C)(c2ccccc2Cl)C1=O. The lowest BCUT2D eigenvalue weighted by Crippen LogP contribution is -2.43. The minimum Gasteiger partial charge on any atom is -0.496 e. The average molecular weight is 416 g/mol. The van der Waals surface area contributed by atoms with Gasteiger partial charge in [0.05, 0.1) is 7.11 Å². The van der Waals surface area contributed by atoms with Crippen molar-refractivity contribution in [1.29, 1.82) is 0 Å². The number of urea groups is 1. The summed E-state index contributed by atoms with van der Waals surface area (Å²) in [6.07, 6.45) is 0.